The Labute approximate surface area is 135 Å². The number of amides is 1. The van der Waals surface area contributed by atoms with E-state index in [0.717, 1.165) is 5.56 Å². The standard InChI is InChI=1S/C17H19N5O/c18-15(10-9-14-6-2-1-3-7-14)22(16(19)12-20-13-23)17-8-4-5-11-21-17/h1-8,11,13,18-19H,9-10,12H2,(H,20,23). The van der Waals surface area contributed by atoms with Crippen molar-refractivity contribution in [1.82, 2.24) is 10.3 Å². The van der Waals surface area contributed by atoms with Crippen LogP contribution in [0.1, 0.15) is 12.0 Å². The molecule has 23 heavy (non-hydrogen) atoms. The number of nitrogens with zero attached hydrogens (tertiary/aromatic N) is 2. The summed E-state index contributed by atoms with van der Waals surface area (Å²) in [4.78, 5) is 16.1. The average Bonchev–Trinajstić information content (AvgIpc) is 2.60. The maximum absolute atomic E-state index is 10.5. The third-order valence-electron chi connectivity index (χ3n) is 3.26. The molecule has 0 saturated heterocycles. The number of rotatable bonds is 7. The second kappa shape index (κ2) is 8.43. The Balaban J connectivity index is 2.11. The summed E-state index contributed by atoms with van der Waals surface area (Å²) in [5, 5.41) is 18.9. The number of pyridine rings is 1. The zero-order valence-electron chi connectivity index (χ0n) is 12.7. The molecular formula is C17H19N5O. The van der Waals surface area contributed by atoms with Crippen molar-refractivity contribution in [3.63, 3.8) is 0 Å². The molecule has 3 N–H and O–H groups in total. The number of amidine groups is 2. The highest BCUT2D eigenvalue weighted by Crippen LogP contribution is 2.13. The first-order chi connectivity index (χ1) is 11.2. The van der Waals surface area contributed by atoms with Gasteiger partial charge in [0.05, 0.1) is 6.54 Å². The monoisotopic (exact) mass is 309 g/mol. The zero-order valence-corrected chi connectivity index (χ0v) is 12.7. The fourth-order valence-electron chi connectivity index (χ4n) is 2.16. The molecule has 1 amide bonds. The molecule has 2 aromatic rings. The Kier molecular flexibility index (Phi) is 5.99. The van der Waals surface area contributed by atoms with Crippen molar-refractivity contribution in [3.8, 4) is 0 Å². The molecular weight excluding hydrogens is 290 g/mol. The van der Waals surface area contributed by atoms with E-state index in [-0.39, 0.29) is 18.2 Å². The maximum atomic E-state index is 10.5. The van der Waals surface area contributed by atoms with Crippen molar-refractivity contribution >= 4 is 23.9 Å². The second-order valence-corrected chi connectivity index (χ2v) is 4.90. The van der Waals surface area contributed by atoms with E-state index < -0.39 is 0 Å². The number of nitrogens with one attached hydrogen (secondary N) is 3. The van der Waals surface area contributed by atoms with Gasteiger partial charge in [0, 0.05) is 12.6 Å². The normalized spacial score (nSPS) is 9.91. The van der Waals surface area contributed by atoms with E-state index in [1.165, 1.54) is 4.90 Å². The van der Waals surface area contributed by atoms with Crippen LogP contribution in [0.25, 0.3) is 0 Å². The lowest BCUT2D eigenvalue weighted by Gasteiger charge is -2.24. The van der Waals surface area contributed by atoms with Crippen LogP contribution in [0.3, 0.4) is 0 Å². The van der Waals surface area contributed by atoms with Crippen LogP contribution in [0.15, 0.2) is 54.7 Å². The fourth-order valence-corrected chi connectivity index (χ4v) is 2.16. The van der Waals surface area contributed by atoms with Gasteiger partial charge in [-0.05, 0) is 24.1 Å². The molecule has 0 fully saturated rings. The van der Waals surface area contributed by atoms with Gasteiger partial charge in [-0.15, -0.1) is 0 Å². The molecule has 0 aliphatic heterocycles. The van der Waals surface area contributed by atoms with Gasteiger partial charge in [0.15, 0.2) is 0 Å². The molecule has 0 radical (unpaired) electrons. The summed E-state index contributed by atoms with van der Waals surface area (Å²) >= 11 is 0. The minimum absolute atomic E-state index is 0.0494. The van der Waals surface area contributed by atoms with E-state index in [9.17, 15) is 4.79 Å². The first-order valence-corrected chi connectivity index (χ1v) is 7.29. The highest BCUT2D eigenvalue weighted by molar-refractivity contribution is 6.17. The smallest absolute Gasteiger partial charge is 0.207 e. The van der Waals surface area contributed by atoms with Crippen LogP contribution in [0, 0.1) is 10.8 Å². The third-order valence-corrected chi connectivity index (χ3v) is 3.26. The highest BCUT2D eigenvalue weighted by Gasteiger charge is 2.18. The van der Waals surface area contributed by atoms with Crippen LogP contribution in [0.4, 0.5) is 5.82 Å². The quantitative estimate of drug-likeness (QED) is 0.416. The van der Waals surface area contributed by atoms with E-state index in [0.29, 0.717) is 25.1 Å². The summed E-state index contributed by atoms with van der Waals surface area (Å²) in [6, 6.07) is 15.2. The highest BCUT2D eigenvalue weighted by atomic mass is 16.1. The van der Waals surface area contributed by atoms with Gasteiger partial charge in [-0.1, -0.05) is 36.4 Å². The van der Waals surface area contributed by atoms with Crippen LogP contribution in [-0.4, -0.2) is 29.6 Å². The molecule has 0 bridgehead atoms. The molecule has 0 atom stereocenters. The molecule has 6 nitrogen and oxygen atoms in total. The Morgan fingerprint density at radius 2 is 1.83 bits per heavy atom. The summed E-state index contributed by atoms with van der Waals surface area (Å²) in [6.07, 6.45) is 3.34. The van der Waals surface area contributed by atoms with Crippen molar-refractivity contribution < 1.29 is 4.79 Å². The van der Waals surface area contributed by atoms with Crippen LogP contribution >= 0.6 is 0 Å². The molecule has 2 rings (SSSR count). The van der Waals surface area contributed by atoms with Gasteiger partial charge in [0.2, 0.25) is 6.41 Å². The predicted molar refractivity (Wildman–Crippen MR) is 91.0 cm³/mol. The molecule has 0 spiro atoms. The number of hydrogen-bond donors (Lipinski definition) is 3. The number of carbonyl (C=O) groups excluding carboxylic acids is 1. The van der Waals surface area contributed by atoms with E-state index in [1.807, 2.05) is 30.3 Å². The summed E-state index contributed by atoms with van der Waals surface area (Å²) in [7, 11) is 0. The topological polar surface area (TPSA) is 92.9 Å². The molecule has 1 aromatic carbocycles. The fraction of sp³-hybridized carbons (Fsp3) is 0.176. The van der Waals surface area contributed by atoms with Crippen molar-refractivity contribution in [1.29, 1.82) is 10.8 Å². The van der Waals surface area contributed by atoms with Gasteiger partial charge in [0.1, 0.15) is 17.5 Å². The van der Waals surface area contributed by atoms with Gasteiger partial charge >= 0.3 is 0 Å². The lowest BCUT2D eigenvalue weighted by molar-refractivity contribution is -0.109. The number of anilines is 1. The zero-order chi connectivity index (χ0) is 16.5. The Morgan fingerprint density at radius 3 is 2.48 bits per heavy atom. The lowest BCUT2D eigenvalue weighted by Crippen LogP contribution is -2.42. The molecule has 1 aromatic heterocycles. The summed E-state index contributed by atoms with van der Waals surface area (Å²) in [6.45, 7) is 0.0494. The average molecular weight is 309 g/mol. The first-order valence-electron chi connectivity index (χ1n) is 7.29. The maximum Gasteiger partial charge on any atom is 0.207 e. The van der Waals surface area contributed by atoms with Gasteiger partial charge in [0.25, 0.3) is 0 Å². The minimum Gasteiger partial charge on any atom is -0.351 e. The minimum atomic E-state index is 0.0494. The van der Waals surface area contributed by atoms with Gasteiger partial charge < -0.3 is 5.32 Å². The summed E-state index contributed by atoms with van der Waals surface area (Å²) in [5.74, 6) is 0.877. The molecule has 1 heterocycles. The van der Waals surface area contributed by atoms with Gasteiger partial charge in [-0.25, -0.2) is 4.98 Å². The van der Waals surface area contributed by atoms with Gasteiger partial charge in [-0.3, -0.25) is 20.5 Å². The van der Waals surface area contributed by atoms with Crippen LogP contribution in [0.2, 0.25) is 0 Å². The molecule has 118 valence electrons. The van der Waals surface area contributed by atoms with Crippen molar-refractivity contribution in [2.24, 2.45) is 0 Å². The largest absolute Gasteiger partial charge is 0.351 e. The van der Waals surface area contributed by atoms with Crippen LogP contribution in [0.5, 0.6) is 0 Å². The number of benzene rings is 1. The molecule has 6 heteroatoms. The summed E-state index contributed by atoms with van der Waals surface area (Å²) < 4.78 is 0. The SMILES string of the molecule is N=C(CCc1ccccc1)N(C(=N)CNC=O)c1ccccn1. The number of aryl methyl sites for hydroxylation is 1. The van der Waals surface area contributed by atoms with Gasteiger partial charge in [-0.2, -0.15) is 0 Å². The van der Waals surface area contributed by atoms with Crippen LogP contribution in [-0.2, 0) is 11.2 Å². The van der Waals surface area contributed by atoms with Crippen molar-refractivity contribution in [3.05, 3.63) is 60.3 Å². The van der Waals surface area contributed by atoms with Crippen LogP contribution < -0.4 is 10.2 Å². The Bertz CT molecular complexity index is 657. The number of hydrogen-bond acceptors (Lipinski definition) is 4. The third kappa shape index (κ3) is 4.74. The molecule has 0 aliphatic rings. The summed E-state index contributed by atoms with van der Waals surface area (Å²) in [5.41, 5.74) is 1.13. The molecule has 0 aliphatic carbocycles. The molecule has 0 unspecified atom stereocenters. The van der Waals surface area contributed by atoms with E-state index in [4.69, 9.17) is 10.8 Å². The predicted octanol–water partition coefficient (Wildman–Crippen LogP) is 2.22. The lowest BCUT2D eigenvalue weighted by atomic mass is 10.1. The van der Waals surface area contributed by atoms with E-state index in [1.54, 1.807) is 24.4 Å². The Morgan fingerprint density at radius 1 is 1.09 bits per heavy atom. The second-order valence-electron chi connectivity index (χ2n) is 4.90. The van der Waals surface area contributed by atoms with E-state index >= 15 is 0 Å². The Hall–Kier alpha value is -3.02. The van der Waals surface area contributed by atoms with Crippen molar-refractivity contribution in [2.45, 2.75) is 12.8 Å². The number of carbonyl (C=O) groups is 1. The number of aromatic nitrogens is 1. The van der Waals surface area contributed by atoms with E-state index in [2.05, 4.69) is 10.3 Å². The molecule has 0 saturated carbocycles. The van der Waals surface area contributed by atoms with Crippen molar-refractivity contribution in [2.75, 3.05) is 11.4 Å². The first kappa shape index (κ1) is 16.4.